The molecular formula is C17H16FN3O3. The minimum Gasteiger partial charge on any atom is -0.480 e. The fourth-order valence-electron chi connectivity index (χ4n) is 2.95. The third-order valence-corrected chi connectivity index (χ3v) is 4.14. The molecule has 1 N–H and O–H groups in total. The van der Waals surface area contributed by atoms with E-state index in [1.54, 1.807) is 18.2 Å². The van der Waals surface area contributed by atoms with Crippen LogP contribution in [0.25, 0.3) is 0 Å². The van der Waals surface area contributed by atoms with Gasteiger partial charge in [0.05, 0.1) is 19.3 Å². The molecule has 0 unspecified atom stereocenters. The van der Waals surface area contributed by atoms with Crippen LogP contribution in [-0.2, 0) is 9.53 Å². The first-order chi connectivity index (χ1) is 11.7. The monoisotopic (exact) mass is 329 g/mol. The van der Waals surface area contributed by atoms with E-state index in [9.17, 15) is 9.18 Å². The van der Waals surface area contributed by atoms with Crippen molar-refractivity contribution in [3.63, 3.8) is 0 Å². The summed E-state index contributed by atoms with van der Waals surface area (Å²) < 4.78 is 24.1. The largest absolute Gasteiger partial charge is 0.480 e. The molecule has 1 amide bonds. The van der Waals surface area contributed by atoms with Crippen molar-refractivity contribution in [2.24, 2.45) is 0 Å². The number of carbonyl (C=O) groups is 1. The molecule has 1 fully saturated rings. The van der Waals surface area contributed by atoms with E-state index in [-0.39, 0.29) is 24.4 Å². The second kappa shape index (κ2) is 6.09. The summed E-state index contributed by atoms with van der Waals surface area (Å²) in [6, 6.07) is 9.99. The van der Waals surface area contributed by atoms with E-state index in [0.717, 1.165) is 11.4 Å². The van der Waals surface area contributed by atoms with Crippen molar-refractivity contribution < 1.29 is 18.7 Å². The second-order valence-electron chi connectivity index (χ2n) is 5.69. The third kappa shape index (κ3) is 2.78. The SMILES string of the molecule is O=C1COc2ccc(N3CCOC[C@H]3c3ccc(F)cc3)nc2N1. The zero-order valence-electron chi connectivity index (χ0n) is 12.9. The average molecular weight is 329 g/mol. The van der Waals surface area contributed by atoms with E-state index in [1.165, 1.54) is 12.1 Å². The summed E-state index contributed by atoms with van der Waals surface area (Å²) in [6.07, 6.45) is 0. The standard InChI is InChI=1S/C17H16FN3O3/c18-12-3-1-11(2-4-12)13-9-23-8-7-21(13)15-6-5-14-17(19-15)20-16(22)10-24-14/h1-6,13H,7-10H2,(H,19,20,22)/t13-/m0/s1. The Morgan fingerprint density at radius 2 is 2.04 bits per heavy atom. The Morgan fingerprint density at radius 3 is 2.88 bits per heavy atom. The first kappa shape index (κ1) is 14.9. The van der Waals surface area contributed by atoms with Gasteiger partial charge in [0, 0.05) is 6.54 Å². The van der Waals surface area contributed by atoms with E-state index in [0.29, 0.717) is 31.3 Å². The lowest BCUT2D eigenvalue weighted by Gasteiger charge is -2.37. The van der Waals surface area contributed by atoms with Gasteiger partial charge in [-0.25, -0.2) is 9.37 Å². The zero-order valence-corrected chi connectivity index (χ0v) is 12.9. The highest BCUT2D eigenvalue weighted by Gasteiger charge is 2.27. The van der Waals surface area contributed by atoms with Crippen LogP contribution in [0.1, 0.15) is 11.6 Å². The fourth-order valence-corrected chi connectivity index (χ4v) is 2.95. The molecule has 2 aliphatic rings. The second-order valence-corrected chi connectivity index (χ2v) is 5.69. The minimum atomic E-state index is -0.270. The molecular weight excluding hydrogens is 313 g/mol. The van der Waals surface area contributed by atoms with Crippen LogP contribution in [0.3, 0.4) is 0 Å². The van der Waals surface area contributed by atoms with Crippen molar-refractivity contribution in [3.05, 3.63) is 47.8 Å². The van der Waals surface area contributed by atoms with Crippen molar-refractivity contribution >= 4 is 17.5 Å². The number of halogens is 1. The number of rotatable bonds is 2. The Balaban J connectivity index is 1.66. The van der Waals surface area contributed by atoms with Crippen LogP contribution in [0.2, 0.25) is 0 Å². The summed E-state index contributed by atoms with van der Waals surface area (Å²) in [6.45, 7) is 1.74. The predicted octanol–water partition coefficient (Wildman–Crippen LogP) is 2.13. The number of fused-ring (bicyclic) bond motifs is 1. The quantitative estimate of drug-likeness (QED) is 0.914. The van der Waals surface area contributed by atoms with Crippen molar-refractivity contribution in [3.8, 4) is 5.75 Å². The summed E-state index contributed by atoms with van der Waals surface area (Å²) >= 11 is 0. The van der Waals surface area contributed by atoms with Crippen LogP contribution in [0.5, 0.6) is 5.75 Å². The highest BCUT2D eigenvalue weighted by molar-refractivity contribution is 5.94. The molecule has 124 valence electrons. The number of benzene rings is 1. The molecule has 0 spiro atoms. The molecule has 0 aliphatic carbocycles. The van der Waals surface area contributed by atoms with Crippen molar-refractivity contribution in [1.82, 2.24) is 4.98 Å². The molecule has 2 aromatic rings. The number of nitrogens with one attached hydrogen (secondary N) is 1. The summed E-state index contributed by atoms with van der Waals surface area (Å²) in [4.78, 5) is 18.1. The normalized spacial score (nSPS) is 20.1. The number of morpholine rings is 1. The van der Waals surface area contributed by atoms with Crippen LogP contribution in [-0.4, -0.2) is 37.3 Å². The molecule has 1 aromatic carbocycles. The Bertz CT molecular complexity index is 766. The number of hydrogen-bond acceptors (Lipinski definition) is 5. The third-order valence-electron chi connectivity index (χ3n) is 4.14. The van der Waals surface area contributed by atoms with E-state index < -0.39 is 0 Å². The summed E-state index contributed by atoms with van der Waals surface area (Å²) in [5.74, 6) is 1.22. The maximum Gasteiger partial charge on any atom is 0.263 e. The maximum absolute atomic E-state index is 13.2. The number of ether oxygens (including phenoxy) is 2. The lowest BCUT2D eigenvalue weighted by Crippen LogP contribution is -2.40. The Morgan fingerprint density at radius 1 is 1.21 bits per heavy atom. The number of hydrogen-bond donors (Lipinski definition) is 1. The van der Waals surface area contributed by atoms with Gasteiger partial charge in [-0.05, 0) is 29.8 Å². The van der Waals surface area contributed by atoms with Gasteiger partial charge in [0.25, 0.3) is 5.91 Å². The Hall–Kier alpha value is -2.67. The molecule has 0 radical (unpaired) electrons. The van der Waals surface area contributed by atoms with Crippen LogP contribution < -0.4 is 15.0 Å². The van der Waals surface area contributed by atoms with Gasteiger partial charge in [-0.3, -0.25) is 4.79 Å². The van der Waals surface area contributed by atoms with Gasteiger partial charge in [0.2, 0.25) is 0 Å². The summed E-state index contributed by atoms with van der Waals surface area (Å²) in [5, 5.41) is 2.72. The number of carbonyl (C=O) groups excluding carboxylic acids is 1. The molecule has 2 aliphatic heterocycles. The van der Waals surface area contributed by atoms with E-state index in [4.69, 9.17) is 9.47 Å². The molecule has 0 saturated carbocycles. The Labute approximate surface area is 138 Å². The molecule has 1 aromatic heterocycles. The molecule has 1 atom stereocenters. The molecule has 24 heavy (non-hydrogen) atoms. The van der Waals surface area contributed by atoms with Crippen molar-refractivity contribution in [1.29, 1.82) is 0 Å². The number of aromatic nitrogens is 1. The molecule has 4 rings (SSSR count). The van der Waals surface area contributed by atoms with Crippen LogP contribution in [0, 0.1) is 5.82 Å². The smallest absolute Gasteiger partial charge is 0.263 e. The van der Waals surface area contributed by atoms with Crippen molar-refractivity contribution in [2.75, 3.05) is 36.6 Å². The lowest BCUT2D eigenvalue weighted by atomic mass is 10.0. The number of pyridine rings is 1. The fraction of sp³-hybridized carbons (Fsp3) is 0.294. The van der Waals surface area contributed by atoms with Gasteiger partial charge < -0.3 is 19.7 Å². The lowest BCUT2D eigenvalue weighted by molar-refractivity contribution is -0.118. The van der Waals surface area contributed by atoms with E-state index >= 15 is 0 Å². The molecule has 0 bridgehead atoms. The molecule has 6 nitrogen and oxygen atoms in total. The van der Waals surface area contributed by atoms with Gasteiger partial charge in [-0.1, -0.05) is 12.1 Å². The van der Waals surface area contributed by atoms with Crippen LogP contribution >= 0.6 is 0 Å². The Kier molecular flexibility index (Phi) is 3.78. The van der Waals surface area contributed by atoms with Gasteiger partial charge in [-0.2, -0.15) is 0 Å². The van der Waals surface area contributed by atoms with E-state index in [1.807, 2.05) is 6.07 Å². The predicted molar refractivity (Wildman–Crippen MR) is 85.7 cm³/mol. The van der Waals surface area contributed by atoms with Gasteiger partial charge in [0.1, 0.15) is 11.6 Å². The first-order valence-electron chi connectivity index (χ1n) is 7.74. The van der Waals surface area contributed by atoms with Gasteiger partial charge in [0.15, 0.2) is 18.2 Å². The molecule has 1 saturated heterocycles. The first-order valence-corrected chi connectivity index (χ1v) is 7.74. The highest BCUT2D eigenvalue weighted by Crippen LogP contribution is 2.33. The number of anilines is 2. The zero-order chi connectivity index (χ0) is 16.5. The average Bonchev–Trinajstić information content (AvgIpc) is 2.62. The van der Waals surface area contributed by atoms with Crippen LogP contribution in [0.4, 0.5) is 16.0 Å². The van der Waals surface area contributed by atoms with Gasteiger partial charge >= 0.3 is 0 Å². The van der Waals surface area contributed by atoms with Crippen molar-refractivity contribution in [2.45, 2.75) is 6.04 Å². The number of nitrogens with zero attached hydrogens (tertiary/aromatic N) is 2. The topological polar surface area (TPSA) is 63.7 Å². The maximum atomic E-state index is 13.2. The van der Waals surface area contributed by atoms with E-state index in [2.05, 4.69) is 15.2 Å². The van der Waals surface area contributed by atoms with Crippen LogP contribution in [0.15, 0.2) is 36.4 Å². The molecule has 3 heterocycles. The summed E-state index contributed by atoms with van der Waals surface area (Å²) in [5.41, 5.74) is 0.955. The number of amides is 1. The summed E-state index contributed by atoms with van der Waals surface area (Å²) in [7, 11) is 0. The minimum absolute atomic E-state index is 0.00376. The molecule has 7 heteroatoms. The van der Waals surface area contributed by atoms with Gasteiger partial charge in [-0.15, -0.1) is 0 Å². The highest BCUT2D eigenvalue weighted by atomic mass is 19.1.